The van der Waals surface area contributed by atoms with Gasteiger partial charge in [0.25, 0.3) is 5.69 Å². The van der Waals surface area contributed by atoms with Gasteiger partial charge in [0.2, 0.25) is 0 Å². The minimum atomic E-state index is -0.346. The molecule has 1 saturated carbocycles. The minimum Gasteiger partial charge on any atom is -0.381 e. The SMILES string of the molecule is COC1CC(Nc2cc(C)ccc2[N+](=O)[O-])C1(C)C. The lowest BCUT2D eigenvalue weighted by Crippen LogP contribution is -2.57. The van der Waals surface area contributed by atoms with Crippen LogP contribution in [0.15, 0.2) is 18.2 Å². The summed E-state index contributed by atoms with van der Waals surface area (Å²) < 4.78 is 5.40. The highest BCUT2D eigenvalue weighted by molar-refractivity contribution is 5.63. The molecule has 1 fully saturated rings. The van der Waals surface area contributed by atoms with Crippen LogP contribution in [0.3, 0.4) is 0 Å². The lowest BCUT2D eigenvalue weighted by atomic mass is 9.64. The second-order valence-electron chi connectivity index (χ2n) is 5.76. The second kappa shape index (κ2) is 4.81. The van der Waals surface area contributed by atoms with Gasteiger partial charge < -0.3 is 10.1 Å². The molecular weight excluding hydrogens is 244 g/mol. The number of nitrogens with zero attached hydrogens (tertiary/aromatic N) is 1. The summed E-state index contributed by atoms with van der Waals surface area (Å²) in [5.41, 5.74) is 1.71. The number of ether oxygens (including phenoxy) is 1. The van der Waals surface area contributed by atoms with Crippen molar-refractivity contribution < 1.29 is 9.66 Å². The van der Waals surface area contributed by atoms with E-state index in [1.165, 1.54) is 0 Å². The third kappa shape index (κ3) is 2.42. The van der Waals surface area contributed by atoms with E-state index in [2.05, 4.69) is 19.2 Å². The van der Waals surface area contributed by atoms with Crippen molar-refractivity contribution in [2.45, 2.75) is 39.3 Å². The van der Waals surface area contributed by atoms with Gasteiger partial charge in [-0.25, -0.2) is 0 Å². The van der Waals surface area contributed by atoms with E-state index < -0.39 is 0 Å². The fourth-order valence-electron chi connectivity index (χ4n) is 2.64. The first-order valence-electron chi connectivity index (χ1n) is 6.40. The number of nitro groups is 1. The van der Waals surface area contributed by atoms with Gasteiger partial charge in [-0.1, -0.05) is 19.9 Å². The maximum atomic E-state index is 11.0. The Hall–Kier alpha value is -1.62. The fourth-order valence-corrected chi connectivity index (χ4v) is 2.64. The highest BCUT2D eigenvalue weighted by Crippen LogP contribution is 2.44. The molecule has 0 aromatic heterocycles. The normalized spacial score (nSPS) is 24.6. The molecule has 2 unspecified atom stereocenters. The number of anilines is 1. The lowest BCUT2D eigenvalue weighted by Gasteiger charge is -2.51. The standard InChI is InChI=1S/C14H20N2O3/c1-9-5-6-11(16(17)18)10(7-9)15-12-8-13(19-4)14(12,2)3/h5-7,12-13,15H,8H2,1-4H3. The quantitative estimate of drug-likeness (QED) is 0.670. The van der Waals surface area contributed by atoms with Gasteiger partial charge in [-0.2, -0.15) is 0 Å². The molecule has 0 amide bonds. The van der Waals surface area contributed by atoms with Crippen molar-refractivity contribution in [1.29, 1.82) is 0 Å². The maximum absolute atomic E-state index is 11.0. The van der Waals surface area contributed by atoms with Crippen LogP contribution < -0.4 is 5.32 Å². The summed E-state index contributed by atoms with van der Waals surface area (Å²) in [5.74, 6) is 0. The first kappa shape index (κ1) is 13.8. The van der Waals surface area contributed by atoms with E-state index in [1.54, 1.807) is 19.2 Å². The zero-order valence-corrected chi connectivity index (χ0v) is 11.8. The third-order valence-corrected chi connectivity index (χ3v) is 4.14. The van der Waals surface area contributed by atoms with Crippen LogP contribution in [-0.4, -0.2) is 24.2 Å². The first-order chi connectivity index (χ1) is 8.86. The van der Waals surface area contributed by atoms with E-state index in [1.807, 2.05) is 13.0 Å². The van der Waals surface area contributed by atoms with Crippen molar-refractivity contribution in [1.82, 2.24) is 0 Å². The van der Waals surface area contributed by atoms with Gasteiger partial charge in [0, 0.05) is 24.6 Å². The molecule has 5 nitrogen and oxygen atoms in total. The first-order valence-corrected chi connectivity index (χ1v) is 6.40. The Labute approximate surface area is 113 Å². The highest BCUT2D eigenvalue weighted by Gasteiger charge is 2.48. The lowest BCUT2D eigenvalue weighted by molar-refractivity contribution is -0.384. The molecule has 0 aliphatic heterocycles. The van der Waals surface area contributed by atoms with Gasteiger partial charge in [-0.15, -0.1) is 0 Å². The zero-order chi connectivity index (χ0) is 14.2. The Morgan fingerprint density at radius 2 is 2.16 bits per heavy atom. The number of hydrogen-bond donors (Lipinski definition) is 1. The molecule has 2 atom stereocenters. The molecule has 1 aliphatic carbocycles. The van der Waals surface area contributed by atoms with E-state index in [0.717, 1.165) is 12.0 Å². The molecule has 0 heterocycles. The second-order valence-corrected chi connectivity index (χ2v) is 5.76. The van der Waals surface area contributed by atoms with Gasteiger partial charge in [0.05, 0.1) is 11.0 Å². The van der Waals surface area contributed by atoms with Crippen molar-refractivity contribution in [3.05, 3.63) is 33.9 Å². The molecule has 1 aromatic rings. The summed E-state index contributed by atoms with van der Waals surface area (Å²) >= 11 is 0. The van der Waals surface area contributed by atoms with E-state index in [0.29, 0.717) is 5.69 Å². The van der Waals surface area contributed by atoms with Gasteiger partial charge >= 0.3 is 0 Å². The van der Waals surface area contributed by atoms with E-state index >= 15 is 0 Å². The Morgan fingerprint density at radius 1 is 1.47 bits per heavy atom. The van der Waals surface area contributed by atoms with Crippen LogP contribution in [0.5, 0.6) is 0 Å². The summed E-state index contributed by atoms with van der Waals surface area (Å²) in [6.07, 6.45) is 1.07. The summed E-state index contributed by atoms with van der Waals surface area (Å²) in [7, 11) is 1.71. The summed E-state index contributed by atoms with van der Waals surface area (Å²) in [6, 6.07) is 5.33. The number of hydrogen-bond acceptors (Lipinski definition) is 4. The molecule has 0 bridgehead atoms. The van der Waals surface area contributed by atoms with Crippen molar-refractivity contribution in [3.63, 3.8) is 0 Å². The topological polar surface area (TPSA) is 64.4 Å². The smallest absolute Gasteiger partial charge is 0.292 e. The summed E-state index contributed by atoms with van der Waals surface area (Å²) in [4.78, 5) is 10.7. The van der Waals surface area contributed by atoms with Crippen molar-refractivity contribution >= 4 is 11.4 Å². The Balaban J connectivity index is 2.21. The van der Waals surface area contributed by atoms with Crippen LogP contribution in [0.2, 0.25) is 0 Å². The monoisotopic (exact) mass is 264 g/mol. The molecule has 1 N–H and O–H groups in total. The Morgan fingerprint density at radius 3 is 2.68 bits per heavy atom. The molecule has 0 radical (unpaired) electrons. The van der Waals surface area contributed by atoms with Gasteiger partial charge in [0.1, 0.15) is 5.69 Å². The van der Waals surface area contributed by atoms with E-state index in [-0.39, 0.29) is 28.2 Å². The number of rotatable bonds is 4. The Kier molecular flexibility index (Phi) is 3.49. The zero-order valence-electron chi connectivity index (χ0n) is 11.8. The number of methoxy groups -OCH3 is 1. The predicted molar refractivity (Wildman–Crippen MR) is 74.4 cm³/mol. The molecule has 0 saturated heterocycles. The molecule has 1 aromatic carbocycles. The average molecular weight is 264 g/mol. The molecule has 2 rings (SSSR count). The van der Waals surface area contributed by atoms with Crippen LogP contribution in [0, 0.1) is 22.5 Å². The molecule has 19 heavy (non-hydrogen) atoms. The van der Waals surface area contributed by atoms with Gasteiger partial charge in [0.15, 0.2) is 0 Å². The molecular formula is C14H20N2O3. The van der Waals surface area contributed by atoms with Crippen LogP contribution in [0.4, 0.5) is 11.4 Å². The summed E-state index contributed by atoms with van der Waals surface area (Å²) in [6.45, 7) is 6.16. The Bertz CT molecular complexity index is 499. The van der Waals surface area contributed by atoms with Crippen LogP contribution in [0.25, 0.3) is 0 Å². The fraction of sp³-hybridized carbons (Fsp3) is 0.571. The largest absolute Gasteiger partial charge is 0.381 e. The number of nitro benzene ring substituents is 1. The van der Waals surface area contributed by atoms with Crippen molar-refractivity contribution in [2.24, 2.45) is 5.41 Å². The molecule has 0 spiro atoms. The molecule has 104 valence electrons. The minimum absolute atomic E-state index is 0.0215. The molecule has 5 heteroatoms. The van der Waals surface area contributed by atoms with Gasteiger partial charge in [-0.3, -0.25) is 10.1 Å². The van der Waals surface area contributed by atoms with Crippen LogP contribution >= 0.6 is 0 Å². The van der Waals surface area contributed by atoms with E-state index in [9.17, 15) is 10.1 Å². The predicted octanol–water partition coefficient (Wildman–Crippen LogP) is 3.13. The number of nitrogens with one attached hydrogen (secondary N) is 1. The molecule has 1 aliphatic rings. The maximum Gasteiger partial charge on any atom is 0.292 e. The third-order valence-electron chi connectivity index (χ3n) is 4.14. The highest BCUT2D eigenvalue weighted by atomic mass is 16.6. The van der Waals surface area contributed by atoms with Crippen molar-refractivity contribution in [2.75, 3.05) is 12.4 Å². The van der Waals surface area contributed by atoms with Crippen LogP contribution in [-0.2, 0) is 4.74 Å². The number of benzene rings is 1. The van der Waals surface area contributed by atoms with Crippen LogP contribution in [0.1, 0.15) is 25.8 Å². The van der Waals surface area contributed by atoms with Gasteiger partial charge in [-0.05, 0) is 25.0 Å². The average Bonchev–Trinajstić information content (AvgIpc) is 2.33. The number of aryl methyl sites for hydroxylation is 1. The summed E-state index contributed by atoms with van der Waals surface area (Å²) in [5, 5.41) is 14.3. The van der Waals surface area contributed by atoms with Crippen molar-refractivity contribution in [3.8, 4) is 0 Å². The van der Waals surface area contributed by atoms with E-state index in [4.69, 9.17) is 4.74 Å².